The highest BCUT2D eigenvalue weighted by Crippen LogP contribution is 2.60. The van der Waals surface area contributed by atoms with Crippen molar-refractivity contribution in [1.29, 1.82) is 0 Å². The Bertz CT molecular complexity index is 666. The Hall–Kier alpha value is -0.550. The number of alkyl halides is 2. The molecule has 31 heavy (non-hydrogen) atoms. The summed E-state index contributed by atoms with van der Waals surface area (Å²) in [7, 11) is 2.10. The number of hydrogen-bond donors (Lipinski definition) is 5. The first-order valence-electron chi connectivity index (χ1n) is 11.8. The van der Waals surface area contributed by atoms with Crippen molar-refractivity contribution < 1.29 is 13.9 Å². The predicted octanol–water partition coefficient (Wildman–Crippen LogP) is 0.183. The van der Waals surface area contributed by atoms with Crippen LogP contribution in [0.5, 0.6) is 0 Å². The van der Waals surface area contributed by atoms with Gasteiger partial charge in [0.05, 0.1) is 11.5 Å². The lowest BCUT2D eigenvalue weighted by atomic mass is 9.44. The van der Waals surface area contributed by atoms with Gasteiger partial charge < -0.3 is 10.1 Å². The third-order valence-electron chi connectivity index (χ3n) is 7.87. The molecule has 2 bridgehead atoms. The molecule has 4 aliphatic carbocycles. The maximum absolute atomic E-state index is 13.7. The van der Waals surface area contributed by atoms with Crippen LogP contribution in [0, 0.1) is 5.92 Å². The van der Waals surface area contributed by atoms with Crippen LogP contribution in [0.2, 0.25) is 0 Å². The second-order valence-electron chi connectivity index (χ2n) is 10.5. The normalized spacial score (nSPS) is 47.5. The van der Waals surface area contributed by atoms with E-state index >= 15 is 0 Å². The van der Waals surface area contributed by atoms with E-state index in [0.717, 1.165) is 51.7 Å². The molecule has 6 rings (SSSR count). The Morgan fingerprint density at radius 3 is 2.77 bits per heavy atom. The molecule has 1 amide bonds. The van der Waals surface area contributed by atoms with Gasteiger partial charge in [-0.3, -0.25) is 26.2 Å². The Morgan fingerprint density at radius 1 is 1.26 bits per heavy atom. The minimum absolute atomic E-state index is 0.00377. The van der Waals surface area contributed by atoms with E-state index in [0.29, 0.717) is 18.4 Å². The Morgan fingerprint density at radius 2 is 2.06 bits per heavy atom. The minimum atomic E-state index is -1.04. The molecule has 0 aromatic heterocycles. The molecule has 8 nitrogen and oxygen atoms in total. The number of amides is 1. The highest BCUT2D eigenvalue weighted by molar-refractivity contribution is 6.21. The fourth-order valence-electron chi connectivity index (χ4n) is 6.33. The Labute approximate surface area is 188 Å². The fourth-order valence-corrected chi connectivity index (χ4v) is 6.56. The van der Waals surface area contributed by atoms with Crippen LogP contribution in [0.3, 0.4) is 0 Å². The van der Waals surface area contributed by atoms with E-state index in [1.165, 1.54) is 0 Å². The fraction of sp³-hybridized carbons (Fsp3) is 0.952. The zero-order valence-corrected chi connectivity index (χ0v) is 19.0. The van der Waals surface area contributed by atoms with Crippen LogP contribution < -0.4 is 26.7 Å². The third-order valence-corrected chi connectivity index (χ3v) is 8.36. The summed E-state index contributed by atoms with van der Waals surface area (Å²) >= 11 is 5.91. The van der Waals surface area contributed by atoms with Crippen molar-refractivity contribution in [2.45, 2.75) is 86.0 Å². The van der Waals surface area contributed by atoms with Crippen molar-refractivity contribution in [3.05, 3.63) is 0 Å². The van der Waals surface area contributed by atoms with Crippen molar-refractivity contribution in [3.8, 4) is 0 Å². The highest BCUT2D eigenvalue weighted by atomic mass is 35.5. The molecule has 2 heterocycles. The van der Waals surface area contributed by atoms with Crippen molar-refractivity contribution >= 4 is 17.5 Å². The van der Waals surface area contributed by atoms with Gasteiger partial charge >= 0.3 is 0 Å². The number of nitrogens with zero attached hydrogens (tertiary/aromatic N) is 1. The molecular weight excluding hydrogens is 423 g/mol. The first-order valence-corrected chi connectivity index (χ1v) is 12.2. The monoisotopic (exact) mass is 458 g/mol. The van der Waals surface area contributed by atoms with E-state index in [2.05, 4.69) is 38.7 Å². The molecule has 6 atom stereocenters. The van der Waals surface area contributed by atoms with Gasteiger partial charge in [0.1, 0.15) is 19.1 Å². The van der Waals surface area contributed by atoms with Crippen LogP contribution in [0.25, 0.3) is 0 Å². The van der Waals surface area contributed by atoms with Crippen LogP contribution in [0.1, 0.15) is 44.9 Å². The van der Waals surface area contributed by atoms with Crippen molar-refractivity contribution in [2.75, 3.05) is 33.3 Å². The molecular formula is C21H36ClFN6O2. The molecule has 0 radical (unpaired) electrons. The maximum atomic E-state index is 13.7. The van der Waals surface area contributed by atoms with E-state index < -0.39 is 11.5 Å². The molecule has 0 aromatic carbocycles. The zero-order valence-electron chi connectivity index (χ0n) is 18.3. The van der Waals surface area contributed by atoms with Crippen LogP contribution in [0.4, 0.5) is 4.39 Å². The lowest BCUT2D eigenvalue weighted by Crippen LogP contribution is -2.86. The van der Waals surface area contributed by atoms with Crippen molar-refractivity contribution in [1.82, 2.24) is 31.7 Å². The Balaban J connectivity index is 1.01. The number of hydrogen-bond acceptors (Lipinski definition) is 7. The van der Waals surface area contributed by atoms with Gasteiger partial charge in [0.2, 0.25) is 5.91 Å². The van der Waals surface area contributed by atoms with Gasteiger partial charge in [-0.25, -0.2) is 9.40 Å². The standard InChI is InChI=1S/C21H36ClFN6O2/c1-29-8-13(7-25-29)17-4-5-24-19(26-17)28-21-10-20(11-21,12-21)27-18(30)9-31-14-2-3-15(22)16(23)6-14/h13-17,19,24-26,28H,2-12H2,1H3,(H,27,30). The molecule has 176 valence electrons. The van der Waals surface area contributed by atoms with Gasteiger partial charge in [0.25, 0.3) is 0 Å². The smallest absolute Gasteiger partial charge is 0.246 e. The minimum Gasteiger partial charge on any atom is -0.368 e. The molecule has 6 fully saturated rings. The molecule has 2 aliphatic heterocycles. The number of carbonyl (C=O) groups excluding carboxylic acids is 1. The van der Waals surface area contributed by atoms with E-state index in [1.54, 1.807) is 0 Å². The summed E-state index contributed by atoms with van der Waals surface area (Å²) in [5.74, 6) is 0.533. The highest BCUT2D eigenvalue weighted by Gasteiger charge is 2.69. The number of carbonyl (C=O) groups is 1. The van der Waals surface area contributed by atoms with E-state index in [9.17, 15) is 9.18 Å². The molecule has 0 spiro atoms. The first kappa shape index (κ1) is 22.3. The molecule has 6 unspecified atom stereocenters. The van der Waals surface area contributed by atoms with E-state index in [4.69, 9.17) is 16.3 Å². The molecule has 5 N–H and O–H groups in total. The predicted molar refractivity (Wildman–Crippen MR) is 116 cm³/mol. The summed E-state index contributed by atoms with van der Waals surface area (Å²) in [6, 6.07) is 0.507. The molecule has 2 saturated heterocycles. The van der Waals surface area contributed by atoms with Gasteiger partial charge in [-0.2, -0.15) is 0 Å². The molecule has 0 aromatic rings. The summed E-state index contributed by atoms with van der Waals surface area (Å²) in [6.45, 7) is 3.12. The quantitative estimate of drug-likeness (QED) is 0.348. The number of ether oxygens (including phenoxy) is 1. The first-order chi connectivity index (χ1) is 14.8. The van der Waals surface area contributed by atoms with E-state index in [1.807, 2.05) is 0 Å². The number of rotatable bonds is 7. The summed E-state index contributed by atoms with van der Waals surface area (Å²) < 4.78 is 19.4. The Kier molecular flexibility index (Phi) is 6.22. The molecule has 4 saturated carbocycles. The van der Waals surface area contributed by atoms with Crippen molar-refractivity contribution in [2.24, 2.45) is 5.92 Å². The zero-order chi connectivity index (χ0) is 21.6. The third kappa shape index (κ3) is 4.74. The summed E-state index contributed by atoms with van der Waals surface area (Å²) in [4.78, 5) is 12.4. The largest absolute Gasteiger partial charge is 0.368 e. The number of hydrazine groups is 1. The van der Waals surface area contributed by atoms with E-state index in [-0.39, 0.29) is 42.4 Å². The maximum Gasteiger partial charge on any atom is 0.246 e. The van der Waals surface area contributed by atoms with Gasteiger partial charge in [-0.15, -0.1) is 11.6 Å². The van der Waals surface area contributed by atoms with Crippen LogP contribution in [-0.2, 0) is 9.53 Å². The number of halogens is 2. The summed E-state index contributed by atoms with van der Waals surface area (Å²) in [5, 5.41) is 16.0. The second-order valence-corrected chi connectivity index (χ2v) is 11.1. The van der Waals surface area contributed by atoms with Crippen LogP contribution in [0.15, 0.2) is 0 Å². The van der Waals surface area contributed by atoms with Crippen molar-refractivity contribution in [3.63, 3.8) is 0 Å². The topological polar surface area (TPSA) is 89.7 Å². The average molecular weight is 459 g/mol. The molecule has 6 aliphatic rings. The average Bonchev–Trinajstić information content (AvgIpc) is 3.13. The second kappa shape index (κ2) is 8.66. The van der Waals surface area contributed by atoms with Crippen LogP contribution in [-0.4, -0.2) is 85.3 Å². The van der Waals surface area contributed by atoms with Gasteiger partial charge in [0.15, 0.2) is 0 Å². The summed E-state index contributed by atoms with van der Waals surface area (Å²) in [5.41, 5.74) is 3.43. The van der Waals surface area contributed by atoms with Gasteiger partial charge in [-0.05, 0) is 45.1 Å². The summed E-state index contributed by atoms with van der Waals surface area (Å²) in [6.07, 6.45) is 4.47. The SMILES string of the molecule is CN1CC(C2CCNC(NC34CC(NC(=O)COC5CCC(Cl)C(F)C5)(C3)C4)N2)CN1. The van der Waals surface area contributed by atoms with Gasteiger partial charge in [-0.1, -0.05) is 0 Å². The van der Waals surface area contributed by atoms with Gasteiger partial charge in [0, 0.05) is 49.6 Å². The lowest BCUT2D eigenvalue weighted by molar-refractivity contribution is -0.150. The molecule has 10 heteroatoms. The number of nitrogens with one attached hydrogen (secondary N) is 5. The van der Waals surface area contributed by atoms with Crippen LogP contribution >= 0.6 is 11.6 Å². The lowest BCUT2D eigenvalue weighted by Gasteiger charge is -2.71.